The van der Waals surface area contributed by atoms with Crippen LogP contribution in [0, 0.1) is 5.92 Å². The highest BCUT2D eigenvalue weighted by atomic mass is 32.1. The van der Waals surface area contributed by atoms with Gasteiger partial charge in [-0.3, -0.25) is 9.69 Å². The average molecular weight is 307 g/mol. The van der Waals surface area contributed by atoms with E-state index in [1.54, 1.807) is 11.3 Å². The third-order valence-corrected chi connectivity index (χ3v) is 5.44. The summed E-state index contributed by atoms with van der Waals surface area (Å²) in [6.45, 7) is 7.91. The van der Waals surface area contributed by atoms with Crippen molar-refractivity contribution < 1.29 is 4.79 Å². The standard InChI is InChI=1S/C16H25N3OS/c1-13-3-2-5-17-15(13)16(20)19-8-6-18(7-9-19)11-14-4-10-21-12-14/h4,10,12-13,15,17H,2-3,5-9,11H2,1H3. The lowest BCUT2D eigenvalue weighted by Gasteiger charge is -2.38. The molecule has 0 saturated carbocycles. The summed E-state index contributed by atoms with van der Waals surface area (Å²) in [6, 6.07) is 2.23. The Labute approximate surface area is 131 Å². The summed E-state index contributed by atoms with van der Waals surface area (Å²) < 4.78 is 0. The molecule has 2 fully saturated rings. The number of piperidine rings is 1. The van der Waals surface area contributed by atoms with Crippen molar-refractivity contribution in [1.29, 1.82) is 0 Å². The molecule has 3 rings (SSSR count). The Morgan fingerprint density at radius 3 is 2.86 bits per heavy atom. The van der Waals surface area contributed by atoms with Gasteiger partial charge < -0.3 is 10.2 Å². The van der Waals surface area contributed by atoms with E-state index in [1.165, 1.54) is 18.4 Å². The minimum Gasteiger partial charge on any atom is -0.339 e. The molecule has 0 bridgehead atoms. The molecule has 1 aromatic rings. The van der Waals surface area contributed by atoms with E-state index in [4.69, 9.17) is 0 Å². The van der Waals surface area contributed by atoms with Crippen LogP contribution in [0.15, 0.2) is 16.8 Å². The van der Waals surface area contributed by atoms with Crippen LogP contribution in [-0.2, 0) is 11.3 Å². The topological polar surface area (TPSA) is 35.6 Å². The van der Waals surface area contributed by atoms with Crippen LogP contribution in [0.2, 0.25) is 0 Å². The monoisotopic (exact) mass is 307 g/mol. The van der Waals surface area contributed by atoms with Crippen molar-refractivity contribution in [2.75, 3.05) is 32.7 Å². The van der Waals surface area contributed by atoms with Gasteiger partial charge in [-0.15, -0.1) is 0 Å². The van der Waals surface area contributed by atoms with Crippen molar-refractivity contribution >= 4 is 17.2 Å². The Kier molecular flexibility index (Phi) is 4.93. The molecule has 0 aromatic carbocycles. The second-order valence-corrected chi connectivity index (χ2v) is 7.06. The number of nitrogens with one attached hydrogen (secondary N) is 1. The SMILES string of the molecule is CC1CCCNC1C(=O)N1CCN(Cc2ccsc2)CC1. The Bertz CT molecular complexity index is 454. The quantitative estimate of drug-likeness (QED) is 0.924. The molecule has 2 saturated heterocycles. The number of carbonyl (C=O) groups is 1. The lowest BCUT2D eigenvalue weighted by atomic mass is 9.91. The first-order chi connectivity index (χ1) is 10.2. The van der Waals surface area contributed by atoms with E-state index in [0.29, 0.717) is 11.8 Å². The molecule has 1 aromatic heterocycles. The van der Waals surface area contributed by atoms with Crippen molar-refractivity contribution in [3.8, 4) is 0 Å². The first kappa shape index (κ1) is 15.0. The molecule has 0 spiro atoms. The molecule has 0 radical (unpaired) electrons. The molecular weight excluding hydrogens is 282 g/mol. The minimum absolute atomic E-state index is 0.0437. The van der Waals surface area contributed by atoms with Crippen molar-refractivity contribution in [1.82, 2.24) is 15.1 Å². The number of hydrogen-bond donors (Lipinski definition) is 1. The first-order valence-corrected chi connectivity index (χ1v) is 8.94. The van der Waals surface area contributed by atoms with Crippen molar-refractivity contribution in [3.63, 3.8) is 0 Å². The van der Waals surface area contributed by atoms with Gasteiger partial charge in [-0.25, -0.2) is 0 Å². The van der Waals surface area contributed by atoms with Gasteiger partial charge in [0, 0.05) is 32.7 Å². The number of thiophene rings is 1. The fourth-order valence-corrected chi connectivity index (χ4v) is 4.00. The number of nitrogens with zero attached hydrogens (tertiary/aromatic N) is 2. The first-order valence-electron chi connectivity index (χ1n) is 7.99. The fraction of sp³-hybridized carbons (Fsp3) is 0.688. The third kappa shape index (κ3) is 3.65. The Balaban J connectivity index is 1.49. The molecule has 0 aliphatic carbocycles. The number of piperazine rings is 1. The molecule has 2 aliphatic rings. The van der Waals surface area contributed by atoms with E-state index in [1.807, 2.05) is 0 Å². The van der Waals surface area contributed by atoms with E-state index in [2.05, 4.69) is 38.9 Å². The predicted octanol–water partition coefficient (Wildman–Crippen LogP) is 1.78. The van der Waals surface area contributed by atoms with E-state index in [-0.39, 0.29) is 6.04 Å². The summed E-state index contributed by atoms with van der Waals surface area (Å²) in [4.78, 5) is 17.1. The number of carbonyl (C=O) groups excluding carboxylic acids is 1. The Morgan fingerprint density at radius 2 is 2.19 bits per heavy atom. The van der Waals surface area contributed by atoms with Gasteiger partial charge in [0.2, 0.25) is 5.91 Å². The number of rotatable bonds is 3. The van der Waals surface area contributed by atoms with Crippen LogP contribution in [-0.4, -0.2) is 54.5 Å². The lowest BCUT2D eigenvalue weighted by Crippen LogP contribution is -2.56. The minimum atomic E-state index is 0.0437. The summed E-state index contributed by atoms with van der Waals surface area (Å²) in [5, 5.41) is 7.75. The molecule has 4 nitrogen and oxygen atoms in total. The van der Waals surface area contributed by atoms with Crippen molar-refractivity contribution in [2.45, 2.75) is 32.4 Å². The molecule has 2 atom stereocenters. The zero-order chi connectivity index (χ0) is 14.7. The van der Waals surface area contributed by atoms with Gasteiger partial charge in [0.05, 0.1) is 6.04 Å². The van der Waals surface area contributed by atoms with Crippen LogP contribution >= 0.6 is 11.3 Å². The Hall–Kier alpha value is -0.910. The second kappa shape index (κ2) is 6.90. The summed E-state index contributed by atoms with van der Waals surface area (Å²) >= 11 is 1.75. The summed E-state index contributed by atoms with van der Waals surface area (Å²) in [5.41, 5.74) is 1.39. The van der Waals surface area contributed by atoms with E-state index in [9.17, 15) is 4.79 Å². The largest absolute Gasteiger partial charge is 0.339 e. The summed E-state index contributed by atoms with van der Waals surface area (Å²) in [7, 11) is 0. The van der Waals surface area contributed by atoms with Gasteiger partial charge in [0.15, 0.2) is 0 Å². The van der Waals surface area contributed by atoms with Gasteiger partial charge in [-0.05, 0) is 47.7 Å². The zero-order valence-electron chi connectivity index (χ0n) is 12.8. The second-order valence-electron chi connectivity index (χ2n) is 6.28. The van der Waals surface area contributed by atoms with Crippen LogP contribution in [0.3, 0.4) is 0 Å². The summed E-state index contributed by atoms with van der Waals surface area (Å²) in [5.74, 6) is 0.785. The smallest absolute Gasteiger partial charge is 0.240 e. The zero-order valence-corrected chi connectivity index (χ0v) is 13.6. The molecule has 2 unspecified atom stereocenters. The molecule has 2 aliphatic heterocycles. The summed E-state index contributed by atoms with van der Waals surface area (Å²) in [6.07, 6.45) is 2.36. The molecule has 5 heteroatoms. The number of hydrogen-bond acceptors (Lipinski definition) is 4. The lowest BCUT2D eigenvalue weighted by molar-refractivity contribution is -0.137. The molecule has 21 heavy (non-hydrogen) atoms. The van der Waals surface area contributed by atoms with E-state index >= 15 is 0 Å². The van der Waals surface area contributed by atoms with Crippen LogP contribution in [0.5, 0.6) is 0 Å². The highest BCUT2D eigenvalue weighted by Crippen LogP contribution is 2.19. The van der Waals surface area contributed by atoms with Gasteiger partial charge >= 0.3 is 0 Å². The van der Waals surface area contributed by atoms with Crippen molar-refractivity contribution in [2.24, 2.45) is 5.92 Å². The maximum Gasteiger partial charge on any atom is 0.240 e. The van der Waals surface area contributed by atoms with E-state index in [0.717, 1.165) is 39.3 Å². The molecule has 116 valence electrons. The van der Waals surface area contributed by atoms with Gasteiger partial charge in [0.1, 0.15) is 0 Å². The predicted molar refractivity (Wildman–Crippen MR) is 86.4 cm³/mol. The number of amides is 1. The molecular formula is C16H25N3OS. The maximum atomic E-state index is 12.6. The molecule has 1 N–H and O–H groups in total. The van der Waals surface area contributed by atoms with E-state index < -0.39 is 0 Å². The average Bonchev–Trinajstić information content (AvgIpc) is 3.01. The van der Waals surface area contributed by atoms with Crippen LogP contribution in [0.4, 0.5) is 0 Å². The fourth-order valence-electron chi connectivity index (χ4n) is 3.34. The normalized spacial score (nSPS) is 27.8. The van der Waals surface area contributed by atoms with Gasteiger partial charge in [-0.1, -0.05) is 6.92 Å². The Morgan fingerprint density at radius 1 is 1.38 bits per heavy atom. The highest BCUT2D eigenvalue weighted by molar-refractivity contribution is 7.07. The van der Waals surface area contributed by atoms with Crippen LogP contribution in [0.25, 0.3) is 0 Å². The van der Waals surface area contributed by atoms with Crippen LogP contribution in [0.1, 0.15) is 25.3 Å². The van der Waals surface area contributed by atoms with Crippen LogP contribution < -0.4 is 5.32 Å². The van der Waals surface area contributed by atoms with Gasteiger partial charge in [0.25, 0.3) is 0 Å². The van der Waals surface area contributed by atoms with Crippen molar-refractivity contribution in [3.05, 3.63) is 22.4 Å². The molecule has 3 heterocycles. The highest BCUT2D eigenvalue weighted by Gasteiger charge is 2.32. The van der Waals surface area contributed by atoms with Gasteiger partial charge in [-0.2, -0.15) is 11.3 Å². The molecule has 1 amide bonds. The maximum absolute atomic E-state index is 12.6. The third-order valence-electron chi connectivity index (χ3n) is 4.71.